The fourth-order valence-electron chi connectivity index (χ4n) is 2.15. The second-order valence-electron chi connectivity index (χ2n) is 4.27. The van der Waals surface area contributed by atoms with Crippen molar-refractivity contribution in [2.75, 3.05) is 33.7 Å². The number of carbonyl (C=O) groups is 2. The van der Waals surface area contributed by atoms with Crippen molar-refractivity contribution in [1.82, 2.24) is 20.9 Å². The first-order valence-electron chi connectivity index (χ1n) is 6.07. The Morgan fingerprint density at radius 3 is 2.76 bits per heavy atom. The van der Waals surface area contributed by atoms with E-state index in [9.17, 15) is 9.59 Å². The maximum Gasteiger partial charge on any atom is 0.321 e. The summed E-state index contributed by atoms with van der Waals surface area (Å²) in [4.78, 5) is 24.6. The van der Waals surface area contributed by atoms with E-state index in [4.69, 9.17) is 0 Å². The predicted octanol–water partition coefficient (Wildman–Crippen LogP) is -0.484. The van der Waals surface area contributed by atoms with Crippen LogP contribution in [0.25, 0.3) is 0 Å². The predicted molar refractivity (Wildman–Crippen MR) is 65.7 cm³/mol. The highest BCUT2D eigenvalue weighted by Crippen LogP contribution is 2.16. The summed E-state index contributed by atoms with van der Waals surface area (Å²) in [5, 5.41) is 7.79. The van der Waals surface area contributed by atoms with Gasteiger partial charge in [0.1, 0.15) is 0 Å². The van der Waals surface area contributed by atoms with Crippen molar-refractivity contribution in [2.24, 2.45) is 0 Å². The summed E-state index contributed by atoms with van der Waals surface area (Å²) in [7, 11) is 3.43. The Morgan fingerprint density at radius 2 is 2.12 bits per heavy atom. The molecule has 0 aromatic heterocycles. The smallest absolute Gasteiger partial charge is 0.321 e. The third-order valence-electron chi connectivity index (χ3n) is 3.04. The number of rotatable bonds is 5. The van der Waals surface area contributed by atoms with Crippen LogP contribution in [-0.4, -0.2) is 56.6 Å². The first-order chi connectivity index (χ1) is 8.17. The molecule has 0 radical (unpaired) electrons. The average Bonchev–Trinajstić information content (AvgIpc) is 2.74. The molecule has 1 atom stereocenters. The molecular weight excluding hydrogens is 220 g/mol. The zero-order valence-electron chi connectivity index (χ0n) is 10.6. The van der Waals surface area contributed by atoms with Crippen LogP contribution in [0, 0.1) is 0 Å². The molecule has 1 aliphatic rings. The molecule has 3 N–H and O–H groups in total. The fraction of sp³-hybridized carbons (Fsp3) is 0.818. The van der Waals surface area contributed by atoms with Crippen molar-refractivity contribution in [2.45, 2.75) is 25.3 Å². The highest BCUT2D eigenvalue weighted by Gasteiger charge is 2.23. The molecule has 0 bridgehead atoms. The standard InChI is InChI=1S/C11H22N4O2/c1-12-8-9-4-3-6-15(9)7-5-10(16)14-11(17)13-2/h9,12H,3-8H2,1-2H3,(H2,13,14,16,17). The second-order valence-corrected chi connectivity index (χ2v) is 4.27. The number of amides is 3. The summed E-state index contributed by atoms with van der Waals surface area (Å²) in [5.41, 5.74) is 0. The number of likely N-dealkylation sites (N-methyl/N-ethyl adjacent to an activating group) is 1. The van der Waals surface area contributed by atoms with Gasteiger partial charge in [-0.05, 0) is 26.4 Å². The molecule has 6 nitrogen and oxygen atoms in total. The van der Waals surface area contributed by atoms with E-state index in [-0.39, 0.29) is 5.91 Å². The van der Waals surface area contributed by atoms with Gasteiger partial charge in [0.05, 0.1) is 0 Å². The highest BCUT2D eigenvalue weighted by molar-refractivity contribution is 5.94. The third-order valence-corrected chi connectivity index (χ3v) is 3.04. The Balaban J connectivity index is 2.25. The van der Waals surface area contributed by atoms with E-state index in [1.165, 1.54) is 19.9 Å². The second kappa shape index (κ2) is 7.24. The number of nitrogens with one attached hydrogen (secondary N) is 3. The van der Waals surface area contributed by atoms with E-state index >= 15 is 0 Å². The van der Waals surface area contributed by atoms with E-state index in [2.05, 4.69) is 20.9 Å². The third kappa shape index (κ3) is 4.70. The van der Waals surface area contributed by atoms with Gasteiger partial charge in [0.2, 0.25) is 5.91 Å². The average molecular weight is 242 g/mol. The van der Waals surface area contributed by atoms with E-state index in [0.29, 0.717) is 12.5 Å². The Hall–Kier alpha value is -1.14. The maximum atomic E-state index is 11.4. The van der Waals surface area contributed by atoms with Crippen LogP contribution in [0.4, 0.5) is 4.79 Å². The highest BCUT2D eigenvalue weighted by atomic mass is 16.2. The molecule has 1 saturated heterocycles. The van der Waals surface area contributed by atoms with Crippen molar-refractivity contribution >= 4 is 11.9 Å². The minimum atomic E-state index is -0.441. The molecule has 98 valence electrons. The van der Waals surface area contributed by atoms with Crippen LogP contribution >= 0.6 is 0 Å². The van der Waals surface area contributed by atoms with Crippen LogP contribution in [0.5, 0.6) is 0 Å². The molecule has 3 amide bonds. The van der Waals surface area contributed by atoms with Crippen LogP contribution in [0.2, 0.25) is 0 Å². The van der Waals surface area contributed by atoms with Crippen LogP contribution < -0.4 is 16.0 Å². The van der Waals surface area contributed by atoms with Crippen LogP contribution in [0.15, 0.2) is 0 Å². The Kier molecular flexibility index (Phi) is 5.93. The monoisotopic (exact) mass is 242 g/mol. The quantitative estimate of drug-likeness (QED) is 0.608. The summed E-state index contributed by atoms with van der Waals surface area (Å²) < 4.78 is 0. The lowest BCUT2D eigenvalue weighted by Crippen LogP contribution is -2.41. The van der Waals surface area contributed by atoms with E-state index in [0.717, 1.165) is 19.6 Å². The molecule has 0 aromatic rings. The minimum absolute atomic E-state index is 0.223. The van der Waals surface area contributed by atoms with Crippen LogP contribution in [0.1, 0.15) is 19.3 Å². The number of urea groups is 1. The number of carbonyl (C=O) groups excluding carboxylic acids is 2. The lowest BCUT2D eigenvalue weighted by atomic mass is 10.2. The molecule has 1 fully saturated rings. The molecule has 0 saturated carbocycles. The topological polar surface area (TPSA) is 73.5 Å². The Morgan fingerprint density at radius 1 is 1.35 bits per heavy atom. The Bertz CT molecular complexity index is 270. The van der Waals surface area contributed by atoms with Gasteiger partial charge in [-0.15, -0.1) is 0 Å². The van der Waals surface area contributed by atoms with Crippen molar-refractivity contribution < 1.29 is 9.59 Å². The minimum Gasteiger partial charge on any atom is -0.341 e. The molecule has 0 aliphatic carbocycles. The molecule has 1 aliphatic heterocycles. The molecular formula is C11H22N4O2. The van der Waals surface area contributed by atoms with Crippen LogP contribution in [-0.2, 0) is 4.79 Å². The molecule has 1 rings (SSSR count). The molecule has 1 unspecified atom stereocenters. The zero-order valence-corrected chi connectivity index (χ0v) is 10.6. The summed E-state index contributed by atoms with van der Waals surface area (Å²) in [6, 6.07) is 0.0796. The normalized spacial score (nSPS) is 20.2. The number of imide groups is 1. The van der Waals surface area contributed by atoms with Crippen LogP contribution in [0.3, 0.4) is 0 Å². The van der Waals surface area contributed by atoms with E-state index in [1.54, 1.807) is 0 Å². The maximum absolute atomic E-state index is 11.4. The summed E-state index contributed by atoms with van der Waals surface area (Å²) >= 11 is 0. The number of nitrogens with zero attached hydrogens (tertiary/aromatic N) is 1. The summed E-state index contributed by atoms with van der Waals surface area (Å²) in [5.74, 6) is -0.223. The van der Waals surface area contributed by atoms with Gasteiger partial charge in [0.25, 0.3) is 0 Å². The molecule has 0 spiro atoms. The van der Waals surface area contributed by atoms with Crippen molar-refractivity contribution in [1.29, 1.82) is 0 Å². The van der Waals surface area contributed by atoms with Gasteiger partial charge in [-0.2, -0.15) is 0 Å². The Labute approximate surface area is 102 Å². The van der Waals surface area contributed by atoms with Gasteiger partial charge < -0.3 is 10.6 Å². The summed E-state index contributed by atoms with van der Waals surface area (Å²) in [6.45, 7) is 2.71. The van der Waals surface area contributed by atoms with Gasteiger partial charge in [0, 0.05) is 32.6 Å². The summed E-state index contributed by atoms with van der Waals surface area (Å²) in [6.07, 6.45) is 2.73. The molecule has 17 heavy (non-hydrogen) atoms. The van der Waals surface area contributed by atoms with Crippen molar-refractivity contribution in [3.63, 3.8) is 0 Å². The zero-order chi connectivity index (χ0) is 12.7. The van der Waals surface area contributed by atoms with E-state index in [1.807, 2.05) is 7.05 Å². The number of hydrogen-bond acceptors (Lipinski definition) is 4. The van der Waals surface area contributed by atoms with E-state index < -0.39 is 6.03 Å². The van der Waals surface area contributed by atoms with Crippen molar-refractivity contribution in [3.05, 3.63) is 0 Å². The van der Waals surface area contributed by atoms with Gasteiger partial charge in [-0.25, -0.2) is 4.79 Å². The lowest BCUT2D eigenvalue weighted by molar-refractivity contribution is -0.120. The number of likely N-dealkylation sites (tertiary alicyclic amines) is 1. The molecule has 1 heterocycles. The van der Waals surface area contributed by atoms with Crippen molar-refractivity contribution in [3.8, 4) is 0 Å². The van der Waals surface area contributed by atoms with Gasteiger partial charge >= 0.3 is 6.03 Å². The largest absolute Gasteiger partial charge is 0.341 e. The van der Waals surface area contributed by atoms with Gasteiger partial charge in [-0.3, -0.25) is 15.0 Å². The lowest BCUT2D eigenvalue weighted by Gasteiger charge is -2.23. The van der Waals surface area contributed by atoms with Gasteiger partial charge in [-0.1, -0.05) is 0 Å². The SMILES string of the molecule is CNCC1CCCN1CCC(=O)NC(=O)NC. The fourth-order valence-corrected chi connectivity index (χ4v) is 2.15. The number of hydrogen-bond donors (Lipinski definition) is 3. The molecule has 6 heteroatoms. The van der Waals surface area contributed by atoms with Gasteiger partial charge in [0.15, 0.2) is 0 Å². The first-order valence-corrected chi connectivity index (χ1v) is 6.07. The molecule has 0 aromatic carbocycles. The first kappa shape index (κ1) is 13.9.